The van der Waals surface area contributed by atoms with Crippen LogP contribution in [0.15, 0.2) is 0 Å². The average Bonchev–Trinajstić information content (AvgIpc) is 2.33. The molecule has 0 aliphatic rings. The lowest BCUT2D eigenvalue weighted by atomic mass is 10.3. The lowest BCUT2D eigenvalue weighted by Gasteiger charge is -2.25. The van der Waals surface area contributed by atoms with Crippen LogP contribution in [-0.4, -0.2) is 62.5 Å². The first-order valence-electron chi connectivity index (χ1n) is 5.37. The van der Waals surface area contributed by atoms with Gasteiger partial charge in [0.15, 0.2) is 0 Å². The SMILES string of the molecule is CCOC(=O)CN(CCOC)C(=O)C(F)(F)C(F)F. The Labute approximate surface area is 107 Å². The fourth-order valence-electron chi connectivity index (χ4n) is 1.12. The number of carbonyl (C=O) groups is 2. The molecule has 0 fully saturated rings. The first-order valence-corrected chi connectivity index (χ1v) is 5.37. The van der Waals surface area contributed by atoms with E-state index in [0.29, 0.717) is 0 Å². The first-order chi connectivity index (χ1) is 8.77. The Morgan fingerprint density at radius 1 is 1.32 bits per heavy atom. The van der Waals surface area contributed by atoms with E-state index in [1.807, 2.05) is 0 Å². The number of hydrogen-bond donors (Lipinski definition) is 0. The van der Waals surface area contributed by atoms with E-state index in [-0.39, 0.29) is 18.1 Å². The Bertz CT molecular complexity index is 312. The van der Waals surface area contributed by atoms with Gasteiger partial charge in [-0.05, 0) is 6.92 Å². The number of methoxy groups -OCH3 is 1. The molecular formula is C10H15F4NO4. The van der Waals surface area contributed by atoms with E-state index in [2.05, 4.69) is 9.47 Å². The lowest BCUT2D eigenvalue weighted by Crippen LogP contribution is -2.50. The predicted molar refractivity (Wildman–Crippen MR) is 56.0 cm³/mol. The van der Waals surface area contributed by atoms with Crippen molar-refractivity contribution in [3.8, 4) is 0 Å². The van der Waals surface area contributed by atoms with Crippen LogP contribution < -0.4 is 0 Å². The quantitative estimate of drug-likeness (QED) is 0.492. The summed E-state index contributed by atoms with van der Waals surface area (Å²) in [6, 6.07) is 0. The number of hydrogen-bond acceptors (Lipinski definition) is 4. The third kappa shape index (κ3) is 5.41. The molecule has 0 unspecified atom stereocenters. The third-order valence-electron chi connectivity index (χ3n) is 2.04. The van der Waals surface area contributed by atoms with Crippen LogP contribution in [0.3, 0.4) is 0 Å². The van der Waals surface area contributed by atoms with Crippen molar-refractivity contribution in [3.63, 3.8) is 0 Å². The molecule has 5 nitrogen and oxygen atoms in total. The van der Waals surface area contributed by atoms with Gasteiger partial charge in [-0.3, -0.25) is 9.59 Å². The molecule has 0 saturated heterocycles. The molecule has 0 rings (SSSR count). The van der Waals surface area contributed by atoms with Crippen molar-refractivity contribution in [2.75, 3.05) is 33.4 Å². The molecule has 1 amide bonds. The number of carbonyl (C=O) groups excluding carboxylic acids is 2. The van der Waals surface area contributed by atoms with Crippen molar-refractivity contribution >= 4 is 11.9 Å². The molecule has 112 valence electrons. The summed E-state index contributed by atoms with van der Waals surface area (Å²) in [6.45, 7) is 0.0304. The van der Waals surface area contributed by atoms with Gasteiger partial charge in [0, 0.05) is 13.7 Å². The zero-order chi connectivity index (χ0) is 15.1. The van der Waals surface area contributed by atoms with E-state index in [1.165, 1.54) is 14.0 Å². The smallest absolute Gasteiger partial charge is 0.383 e. The van der Waals surface area contributed by atoms with E-state index in [9.17, 15) is 27.2 Å². The fraction of sp³-hybridized carbons (Fsp3) is 0.800. The van der Waals surface area contributed by atoms with Crippen LogP contribution in [0.4, 0.5) is 17.6 Å². The van der Waals surface area contributed by atoms with Crippen molar-refractivity contribution in [1.29, 1.82) is 0 Å². The number of ether oxygens (including phenoxy) is 2. The van der Waals surface area contributed by atoms with Crippen LogP contribution in [-0.2, 0) is 19.1 Å². The van der Waals surface area contributed by atoms with Crippen LogP contribution >= 0.6 is 0 Å². The van der Waals surface area contributed by atoms with Crippen LogP contribution in [0, 0.1) is 0 Å². The van der Waals surface area contributed by atoms with Gasteiger partial charge < -0.3 is 14.4 Å². The van der Waals surface area contributed by atoms with Crippen molar-refractivity contribution in [2.24, 2.45) is 0 Å². The highest BCUT2D eigenvalue weighted by atomic mass is 19.3. The highest BCUT2D eigenvalue weighted by molar-refractivity contribution is 5.87. The molecule has 0 N–H and O–H groups in total. The van der Waals surface area contributed by atoms with E-state index in [4.69, 9.17) is 0 Å². The molecule has 0 aromatic heterocycles. The molecule has 0 atom stereocenters. The van der Waals surface area contributed by atoms with E-state index in [0.717, 1.165) is 0 Å². The molecule has 0 aliphatic heterocycles. The largest absolute Gasteiger partial charge is 0.465 e. The van der Waals surface area contributed by atoms with Gasteiger partial charge in [0.05, 0.1) is 13.2 Å². The zero-order valence-electron chi connectivity index (χ0n) is 10.5. The van der Waals surface area contributed by atoms with Crippen molar-refractivity contribution in [3.05, 3.63) is 0 Å². The summed E-state index contributed by atoms with van der Waals surface area (Å²) in [6.07, 6.45) is -4.15. The maximum absolute atomic E-state index is 12.9. The maximum atomic E-state index is 12.9. The highest BCUT2D eigenvalue weighted by Gasteiger charge is 2.51. The molecule has 0 aromatic carbocycles. The number of nitrogens with zero attached hydrogens (tertiary/aromatic N) is 1. The van der Waals surface area contributed by atoms with Crippen LogP contribution in [0.1, 0.15) is 6.92 Å². The monoisotopic (exact) mass is 289 g/mol. The second-order valence-corrected chi connectivity index (χ2v) is 3.45. The van der Waals surface area contributed by atoms with Crippen LogP contribution in [0.2, 0.25) is 0 Å². The number of alkyl halides is 4. The summed E-state index contributed by atoms with van der Waals surface area (Å²) in [7, 11) is 1.23. The molecule has 19 heavy (non-hydrogen) atoms. The Kier molecular flexibility index (Phi) is 7.35. The minimum absolute atomic E-state index is 0.0175. The summed E-state index contributed by atoms with van der Waals surface area (Å²) in [4.78, 5) is 22.7. The molecule has 0 spiro atoms. The minimum atomic E-state index is -4.85. The summed E-state index contributed by atoms with van der Waals surface area (Å²) in [5.41, 5.74) is 0. The fourth-order valence-corrected chi connectivity index (χ4v) is 1.12. The topological polar surface area (TPSA) is 55.8 Å². The van der Waals surface area contributed by atoms with Crippen LogP contribution in [0.5, 0.6) is 0 Å². The maximum Gasteiger partial charge on any atom is 0.383 e. The number of halogens is 4. The Morgan fingerprint density at radius 3 is 2.32 bits per heavy atom. The average molecular weight is 289 g/mol. The molecule has 0 saturated carbocycles. The lowest BCUT2D eigenvalue weighted by molar-refractivity contribution is -0.183. The minimum Gasteiger partial charge on any atom is -0.465 e. The van der Waals surface area contributed by atoms with Crippen molar-refractivity contribution in [2.45, 2.75) is 19.3 Å². The second kappa shape index (κ2) is 7.93. The Morgan fingerprint density at radius 2 is 1.89 bits per heavy atom. The normalized spacial score (nSPS) is 11.5. The van der Waals surface area contributed by atoms with Gasteiger partial charge in [0.2, 0.25) is 0 Å². The zero-order valence-corrected chi connectivity index (χ0v) is 10.5. The van der Waals surface area contributed by atoms with E-state index < -0.39 is 37.3 Å². The van der Waals surface area contributed by atoms with Gasteiger partial charge in [0.1, 0.15) is 6.54 Å². The van der Waals surface area contributed by atoms with Gasteiger partial charge in [-0.25, -0.2) is 8.78 Å². The molecule has 0 heterocycles. The number of amides is 1. The highest BCUT2D eigenvalue weighted by Crippen LogP contribution is 2.25. The molecule has 0 aromatic rings. The summed E-state index contributed by atoms with van der Waals surface area (Å²) < 4.78 is 59.0. The molecular weight excluding hydrogens is 274 g/mol. The first kappa shape index (κ1) is 17.6. The van der Waals surface area contributed by atoms with Crippen molar-refractivity contribution < 1.29 is 36.6 Å². The number of esters is 1. The van der Waals surface area contributed by atoms with E-state index in [1.54, 1.807) is 0 Å². The third-order valence-corrected chi connectivity index (χ3v) is 2.04. The van der Waals surface area contributed by atoms with Gasteiger partial charge in [-0.1, -0.05) is 0 Å². The Balaban J connectivity index is 4.83. The molecule has 0 aliphatic carbocycles. The number of rotatable bonds is 8. The summed E-state index contributed by atoms with van der Waals surface area (Å²) >= 11 is 0. The standard InChI is InChI=1S/C10H15F4NO4/c1-3-19-7(16)6-15(4-5-18-2)9(17)10(13,14)8(11)12/h8H,3-6H2,1-2H3. The predicted octanol–water partition coefficient (Wildman–Crippen LogP) is 0.925. The van der Waals surface area contributed by atoms with Gasteiger partial charge >= 0.3 is 18.3 Å². The van der Waals surface area contributed by atoms with Gasteiger partial charge in [-0.2, -0.15) is 8.78 Å². The summed E-state index contributed by atoms with van der Waals surface area (Å²) in [5, 5.41) is 0. The van der Waals surface area contributed by atoms with Gasteiger partial charge in [0.25, 0.3) is 5.91 Å². The van der Waals surface area contributed by atoms with Gasteiger partial charge in [-0.15, -0.1) is 0 Å². The van der Waals surface area contributed by atoms with E-state index >= 15 is 0 Å². The van der Waals surface area contributed by atoms with Crippen molar-refractivity contribution in [1.82, 2.24) is 4.90 Å². The van der Waals surface area contributed by atoms with Crippen LogP contribution in [0.25, 0.3) is 0 Å². The summed E-state index contributed by atoms with van der Waals surface area (Å²) in [5.74, 6) is -7.94. The Hall–Kier alpha value is -1.38. The molecule has 9 heteroatoms. The molecule has 0 radical (unpaired) electrons. The second-order valence-electron chi connectivity index (χ2n) is 3.45. The molecule has 0 bridgehead atoms.